The minimum absolute atomic E-state index is 0.137. The first-order chi connectivity index (χ1) is 57.5. The fraction of sp³-hybridized carbons (Fsp3) is 0.484. The van der Waals surface area contributed by atoms with Crippen molar-refractivity contribution in [3.63, 3.8) is 0 Å². The van der Waals surface area contributed by atoms with E-state index in [4.69, 9.17) is 5.73 Å². The van der Waals surface area contributed by atoms with E-state index in [0.29, 0.717) is 0 Å². The molecule has 0 fully saturated rings. The van der Waals surface area contributed by atoms with Crippen molar-refractivity contribution in [2.45, 2.75) is 199 Å². The molecule has 0 spiro atoms. The van der Waals surface area contributed by atoms with Crippen LogP contribution >= 0.6 is 76.4 Å². The van der Waals surface area contributed by atoms with E-state index in [2.05, 4.69) is 214 Å². The van der Waals surface area contributed by atoms with Gasteiger partial charge in [-0.15, -0.1) is 0 Å². The molecule has 21 nitrogen and oxygen atoms in total. The number of rotatable bonds is 10. The molecule has 11 rings (SSSR count). The normalized spacial score (nSPS) is 9.81. The zero-order valence-electron chi connectivity index (χ0n) is 82.4. The average Bonchev–Trinajstić information content (AvgIpc) is 2.10. The molecule has 0 unspecified atom stereocenters. The van der Waals surface area contributed by atoms with Crippen LogP contribution < -0.4 is 14.8 Å². The Kier molecular flexibility index (Phi) is 90.9. The van der Waals surface area contributed by atoms with Gasteiger partial charge in [0, 0.05) is 40.1 Å². The SMILES string of the molecule is Brc1ccccc1.CBr.CCCC.CCCC.CCCC.CCCC.CCCC.CP(C)(C)=O.CP(C)(C)=O.CP(C)(C)=O.CP(C)(C)=O.Cc1ncc2cc[c]([Sn]([CH3])([CH3])[CH3])n2n1.Cc1ncc2ccc(Br)n2n1.Cc1ncc2ccc(Nc3ccccc3)n2n1.Nc1ccccc1.O=[N+]([O-])c1ccccc1.O=[N+]([O-])c1ccccc1.[CH3][Sn]([CH3])[CH3].[CH3][Sn]([CH3])[CH3]. The molecule has 0 aliphatic rings. The van der Waals surface area contributed by atoms with Crippen LogP contribution in [-0.4, -0.2) is 197 Å². The Morgan fingerprint density at radius 1 is 0.379 bits per heavy atom. The van der Waals surface area contributed by atoms with Gasteiger partial charge in [0.15, 0.2) is 0 Å². The van der Waals surface area contributed by atoms with E-state index >= 15 is 0 Å². The van der Waals surface area contributed by atoms with Crippen LogP contribution in [0.15, 0.2) is 216 Å². The second-order valence-corrected chi connectivity index (χ2v) is 80.5. The number of fused-ring (bicyclic) bond motifs is 3. The Bertz CT molecular complexity index is 4270. The first-order valence-corrected chi connectivity index (χ1v) is 84.3. The van der Waals surface area contributed by atoms with Crippen molar-refractivity contribution in [1.29, 1.82) is 0 Å². The number of anilines is 3. The number of para-hydroxylation sites is 4. The molecule has 0 saturated heterocycles. The summed E-state index contributed by atoms with van der Waals surface area (Å²) in [4.78, 5) is 53.0. The predicted octanol–water partition coefficient (Wildman–Crippen LogP) is 30.8. The van der Waals surface area contributed by atoms with Gasteiger partial charge in [0.05, 0.1) is 61.8 Å². The third kappa shape index (κ3) is 103. The topological polar surface area (TPSA) is 283 Å². The maximum atomic E-state index is 10.2. The number of nitro benzene ring substituents is 2. The molecule has 31 heteroatoms. The van der Waals surface area contributed by atoms with E-state index in [1.165, 1.54) is 92.2 Å². The third-order valence-electron chi connectivity index (χ3n) is 12.3. The number of nitrogen functional groups attached to an aromatic ring is 1. The Balaban J connectivity index is -0.000000196. The van der Waals surface area contributed by atoms with E-state index < -0.39 is 96.3 Å². The zero-order valence-corrected chi connectivity index (χ0v) is 99.3. The summed E-state index contributed by atoms with van der Waals surface area (Å²) in [5.41, 5.74) is 10.6. The number of benzene rings is 5. The maximum absolute atomic E-state index is 10.2. The number of nitrogens with zero attached hydrogens (tertiary/aromatic N) is 11. The fourth-order valence-corrected chi connectivity index (χ4v) is 10.9. The molecule has 0 amide bonds. The number of hydrogen-bond acceptors (Lipinski definition) is 16. The van der Waals surface area contributed by atoms with Crippen molar-refractivity contribution in [1.82, 2.24) is 43.8 Å². The first kappa shape index (κ1) is 135. The fourth-order valence-electron chi connectivity index (χ4n) is 6.22. The average molecular weight is 2310 g/mol. The van der Waals surface area contributed by atoms with Crippen LogP contribution in [0.1, 0.15) is 151 Å². The van der Waals surface area contributed by atoms with Crippen molar-refractivity contribution in [2.24, 2.45) is 0 Å². The molecule has 5 aromatic carbocycles. The molecule has 6 aromatic heterocycles. The molecule has 0 bridgehead atoms. The molecule has 3 N–H and O–H groups in total. The minimum atomic E-state index is -2.02. The summed E-state index contributed by atoms with van der Waals surface area (Å²) >= 11 is 6.52. The second kappa shape index (κ2) is 83.7. The summed E-state index contributed by atoms with van der Waals surface area (Å²) in [6.45, 7) is 48.4. The third-order valence-corrected chi connectivity index (χ3v) is 18.9. The van der Waals surface area contributed by atoms with Crippen LogP contribution in [0, 0.1) is 41.0 Å². The predicted molar refractivity (Wildman–Crippen MR) is 571 cm³/mol. The van der Waals surface area contributed by atoms with Gasteiger partial charge in [0.25, 0.3) is 11.4 Å². The van der Waals surface area contributed by atoms with Crippen molar-refractivity contribution in [3.8, 4) is 0 Å². The number of nitro groups is 2. The van der Waals surface area contributed by atoms with Crippen molar-refractivity contribution in [3.05, 3.63) is 253 Å². The van der Waals surface area contributed by atoms with Crippen LogP contribution in [0.5, 0.6) is 0 Å². The number of nitrogens with one attached hydrogen (secondary N) is 1. The van der Waals surface area contributed by atoms with Crippen LogP contribution in [0.2, 0.25) is 44.5 Å². The van der Waals surface area contributed by atoms with Crippen molar-refractivity contribution < 1.29 is 28.1 Å². The van der Waals surface area contributed by atoms with E-state index in [-0.39, 0.29) is 11.4 Å². The van der Waals surface area contributed by atoms with Gasteiger partial charge >= 0.3 is 157 Å². The van der Waals surface area contributed by atoms with Gasteiger partial charge in [0.1, 0.15) is 22.1 Å². The number of halogens is 3. The van der Waals surface area contributed by atoms with Gasteiger partial charge in [-0.25, -0.2) is 19.0 Å². The van der Waals surface area contributed by atoms with Crippen LogP contribution in [0.4, 0.5) is 28.6 Å². The molecular weight excluding hydrogens is 2150 g/mol. The molecule has 11 aromatic rings. The first-order valence-electron chi connectivity index (χ1n) is 41.8. The molecule has 2 radical (unpaired) electrons. The standard InChI is InChI=1S/C13H12N4.C7H6BrN3.C7H6N3.C6H5Br.2C6H5NO2.C6H7N.5C4H10.4C3H9OP.CH3Br.9CH3.3Sn/c1-10-14-9-12-7-8-13(17(12)16-10)15-11-5-3-2-4-6-11;1-5-9-4-6-2-3-7(8)11(6)10-5;1-6-8-5-7-3-2-4-10(7)9-6;7-6-4-2-1-3-5-6;2*8-7(9)6-4-2-1-3-5-6;7-6-4-2-1-3-5-6;5*1-3-4-2;4*1-5(2,3)4;1-2;;;;;;;;;;;;/h2-9,15H,1H3;2-4H,1H3;2-3,5H,1H3;1-5H;2*1-5H;1-5H,7H2;5*3-4H2,1-2H3;4*1-3H3;1H3;9*1H3;;;. The van der Waals surface area contributed by atoms with Gasteiger partial charge in [-0.1, -0.05) is 256 Å². The van der Waals surface area contributed by atoms with Gasteiger partial charge in [0.2, 0.25) is 0 Å². The zero-order chi connectivity index (χ0) is 97.7. The van der Waals surface area contributed by atoms with Crippen LogP contribution in [-0.2, 0) is 18.3 Å². The summed E-state index contributed by atoms with van der Waals surface area (Å²) in [7, 11) is -6.56. The Hall–Kier alpha value is -4.88. The molecular formula is C93H162Br3N13O8P4Sn3. The quantitative estimate of drug-likeness (QED) is 0.0321. The number of aryl methyl sites for hydroxylation is 3. The van der Waals surface area contributed by atoms with Crippen LogP contribution in [0.25, 0.3) is 16.6 Å². The summed E-state index contributed by atoms with van der Waals surface area (Å²) < 4.78 is 50.1. The number of aromatic nitrogens is 9. The number of hydrogen-bond donors (Lipinski definition) is 2. The van der Waals surface area contributed by atoms with Gasteiger partial charge in [-0.05, 0) is 176 Å². The number of alkyl halides is 1. The van der Waals surface area contributed by atoms with E-state index in [0.717, 1.165) is 60.3 Å². The Morgan fingerprint density at radius 3 is 0.855 bits per heavy atom. The monoisotopic (exact) mass is 2310 g/mol. The molecule has 0 aliphatic heterocycles. The second-order valence-electron chi connectivity index (χ2n) is 32.2. The number of nitrogens with two attached hydrogens (primary N) is 1. The number of non-ortho nitro benzene ring substituents is 2. The molecule has 0 aliphatic carbocycles. The van der Waals surface area contributed by atoms with E-state index in [1.807, 2.05) is 163 Å². The summed E-state index contributed by atoms with van der Waals surface area (Å²) in [6, 6.07) is 57.6. The van der Waals surface area contributed by atoms with Gasteiger partial charge < -0.3 is 29.3 Å². The molecule has 0 saturated carbocycles. The van der Waals surface area contributed by atoms with Gasteiger partial charge in [-0.3, -0.25) is 20.2 Å². The van der Waals surface area contributed by atoms with Crippen molar-refractivity contribution >= 4 is 183 Å². The summed E-state index contributed by atoms with van der Waals surface area (Å²) in [5.74, 6) is 5.12. The molecule has 124 heavy (non-hydrogen) atoms. The summed E-state index contributed by atoms with van der Waals surface area (Å²) in [6.07, 6.45) is 18.7. The Morgan fingerprint density at radius 2 is 0.613 bits per heavy atom. The van der Waals surface area contributed by atoms with Crippen LogP contribution in [0.3, 0.4) is 0 Å². The molecule has 700 valence electrons. The summed E-state index contributed by atoms with van der Waals surface area (Å²) in [5, 5.41) is 36.4. The molecule has 0 atom stereocenters. The molecule has 6 heterocycles. The van der Waals surface area contributed by atoms with E-state index in [9.17, 15) is 38.5 Å². The van der Waals surface area contributed by atoms with Crippen molar-refractivity contribution in [2.75, 3.05) is 96.9 Å². The van der Waals surface area contributed by atoms with E-state index in [1.54, 1.807) is 123 Å². The Labute approximate surface area is 795 Å². The van der Waals surface area contributed by atoms with Gasteiger partial charge in [-0.2, -0.15) is 10.2 Å². The number of unbranched alkanes of at least 4 members (excludes halogenated alkanes) is 5.